The van der Waals surface area contributed by atoms with Gasteiger partial charge in [0.1, 0.15) is 0 Å². The Kier molecular flexibility index (Phi) is 3.76. The monoisotopic (exact) mass is 249 g/mol. The molecule has 0 aliphatic rings. The van der Waals surface area contributed by atoms with Crippen LogP contribution in [-0.2, 0) is 4.84 Å². The lowest BCUT2D eigenvalue weighted by molar-refractivity contribution is 0.0212. The lowest BCUT2D eigenvalue weighted by Crippen LogP contribution is -2.24. The maximum absolute atomic E-state index is 11.8. The number of carbonyl (C=O) groups is 1. The second-order valence-corrected chi connectivity index (χ2v) is 5.37. The van der Waals surface area contributed by atoms with Gasteiger partial charge < -0.3 is 0 Å². The van der Waals surface area contributed by atoms with Crippen LogP contribution >= 0.6 is 11.3 Å². The van der Waals surface area contributed by atoms with Crippen molar-refractivity contribution >= 4 is 27.3 Å². The second-order valence-electron chi connectivity index (χ2n) is 4.28. The molecule has 0 saturated carbocycles. The minimum Gasteiger partial charge on any atom is -0.273 e. The van der Waals surface area contributed by atoms with E-state index in [1.54, 1.807) is 0 Å². The van der Waals surface area contributed by atoms with Crippen LogP contribution in [0.1, 0.15) is 23.5 Å². The number of benzene rings is 1. The molecule has 3 nitrogen and oxygen atoms in total. The average Bonchev–Trinajstić information content (AvgIpc) is 2.71. The highest BCUT2D eigenvalue weighted by atomic mass is 32.1. The van der Waals surface area contributed by atoms with Gasteiger partial charge in [-0.2, -0.15) is 0 Å². The van der Waals surface area contributed by atoms with E-state index in [4.69, 9.17) is 4.84 Å². The highest BCUT2D eigenvalue weighted by Crippen LogP contribution is 2.24. The standard InChI is InChI=1S/C13H15NO2S/c1-9(2)8-16-14-13(15)12-7-10-5-3-4-6-11(10)17-12/h3-7,9H,8H2,1-2H3,(H,14,15). The minimum atomic E-state index is -0.174. The fourth-order valence-electron chi connectivity index (χ4n) is 1.42. The number of thiophene rings is 1. The molecule has 1 amide bonds. The molecule has 1 aromatic heterocycles. The van der Waals surface area contributed by atoms with Crippen LogP contribution in [0, 0.1) is 5.92 Å². The van der Waals surface area contributed by atoms with E-state index in [9.17, 15) is 4.79 Å². The fraction of sp³-hybridized carbons (Fsp3) is 0.308. The van der Waals surface area contributed by atoms with E-state index < -0.39 is 0 Å². The van der Waals surface area contributed by atoms with E-state index in [1.165, 1.54) is 11.3 Å². The number of rotatable bonds is 4. The van der Waals surface area contributed by atoms with Gasteiger partial charge in [-0.1, -0.05) is 32.0 Å². The second kappa shape index (κ2) is 5.29. The first kappa shape index (κ1) is 12.1. The van der Waals surface area contributed by atoms with Crippen LogP contribution in [0.4, 0.5) is 0 Å². The maximum atomic E-state index is 11.8. The van der Waals surface area contributed by atoms with Crippen LogP contribution in [0.5, 0.6) is 0 Å². The normalized spacial score (nSPS) is 11.0. The van der Waals surface area contributed by atoms with Gasteiger partial charge in [-0.3, -0.25) is 9.63 Å². The molecule has 0 spiro atoms. The molecule has 1 aromatic carbocycles. The summed E-state index contributed by atoms with van der Waals surface area (Å²) in [6, 6.07) is 9.82. The smallest absolute Gasteiger partial charge is 0.273 e. The molecule has 17 heavy (non-hydrogen) atoms. The zero-order valence-electron chi connectivity index (χ0n) is 9.90. The van der Waals surface area contributed by atoms with Gasteiger partial charge in [0.2, 0.25) is 0 Å². The van der Waals surface area contributed by atoms with Crippen LogP contribution in [0.3, 0.4) is 0 Å². The number of amides is 1. The molecular weight excluding hydrogens is 234 g/mol. The van der Waals surface area contributed by atoms with E-state index in [-0.39, 0.29) is 5.91 Å². The lowest BCUT2D eigenvalue weighted by Gasteiger charge is -2.06. The molecule has 4 heteroatoms. The maximum Gasteiger partial charge on any atom is 0.284 e. The molecule has 2 rings (SSSR count). The number of nitrogens with one attached hydrogen (secondary N) is 1. The molecule has 1 N–H and O–H groups in total. The van der Waals surface area contributed by atoms with E-state index in [2.05, 4.69) is 5.48 Å². The van der Waals surface area contributed by atoms with Crippen LogP contribution in [0.15, 0.2) is 30.3 Å². The molecule has 0 aliphatic carbocycles. The van der Waals surface area contributed by atoms with Crippen molar-refractivity contribution < 1.29 is 9.63 Å². The summed E-state index contributed by atoms with van der Waals surface area (Å²) in [4.78, 5) is 17.6. The molecule has 0 saturated heterocycles. The molecule has 1 heterocycles. The highest BCUT2D eigenvalue weighted by molar-refractivity contribution is 7.20. The third-order valence-corrected chi connectivity index (χ3v) is 3.35. The summed E-state index contributed by atoms with van der Waals surface area (Å²) in [6.45, 7) is 4.59. The van der Waals surface area contributed by atoms with Gasteiger partial charge in [0.15, 0.2) is 0 Å². The van der Waals surface area contributed by atoms with Crippen LogP contribution in [0.2, 0.25) is 0 Å². The first-order valence-electron chi connectivity index (χ1n) is 5.57. The predicted octanol–water partition coefficient (Wildman–Crippen LogP) is 3.22. The number of hydrogen-bond donors (Lipinski definition) is 1. The fourth-order valence-corrected chi connectivity index (χ4v) is 2.37. The number of carbonyl (C=O) groups excluding carboxylic acids is 1. The molecular formula is C13H15NO2S. The Labute approximate surface area is 104 Å². The van der Waals surface area contributed by atoms with Gasteiger partial charge in [0.05, 0.1) is 11.5 Å². The van der Waals surface area contributed by atoms with Gasteiger partial charge in [0, 0.05) is 4.70 Å². The molecule has 0 radical (unpaired) electrons. The average molecular weight is 249 g/mol. The van der Waals surface area contributed by atoms with Gasteiger partial charge in [-0.05, 0) is 23.4 Å². The Morgan fingerprint density at radius 1 is 1.41 bits per heavy atom. The minimum absolute atomic E-state index is 0.174. The van der Waals surface area contributed by atoms with Crippen LogP contribution < -0.4 is 5.48 Å². The van der Waals surface area contributed by atoms with Gasteiger partial charge in [-0.25, -0.2) is 5.48 Å². The SMILES string of the molecule is CC(C)CONC(=O)c1cc2ccccc2s1. The summed E-state index contributed by atoms with van der Waals surface area (Å²) in [7, 11) is 0. The number of hydrogen-bond acceptors (Lipinski definition) is 3. The van der Waals surface area contributed by atoms with Crippen molar-refractivity contribution in [3.63, 3.8) is 0 Å². The van der Waals surface area contributed by atoms with Crippen LogP contribution in [0.25, 0.3) is 10.1 Å². The number of hydroxylamine groups is 1. The summed E-state index contributed by atoms with van der Waals surface area (Å²) >= 11 is 1.47. The zero-order valence-corrected chi connectivity index (χ0v) is 10.7. The first-order valence-corrected chi connectivity index (χ1v) is 6.39. The summed E-state index contributed by atoms with van der Waals surface area (Å²) < 4.78 is 1.11. The summed E-state index contributed by atoms with van der Waals surface area (Å²) in [6.07, 6.45) is 0. The predicted molar refractivity (Wildman–Crippen MR) is 70.1 cm³/mol. The van der Waals surface area contributed by atoms with Crippen molar-refractivity contribution in [2.45, 2.75) is 13.8 Å². The Bertz CT molecular complexity index is 486. The van der Waals surface area contributed by atoms with Gasteiger partial charge in [-0.15, -0.1) is 11.3 Å². The quantitative estimate of drug-likeness (QED) is 0.845. The molecule has 0 atom stereocenters. The third-order valence-electron chi connectivity index (χ3n) is 2.23. The van der Waals surface area contributed by atoms with Crippen LogP contribution in [-0.4, -0.2) is 12.5 Å². The lowest BCUT2D eigenvalue weighted by atomic mass is 10.2. The molecule has 0 aliphatic heterocycles. The van der Waals surface area contributed by atoms with E-state index in [1.807, 2.05) is 44.2 Å². The third kappa shape index (κ3) is 3.05. The van der Waals surface area contributed by atoms with Crippen molar-refractivity contribution in [3.05, 3.63) is 35.2 Å². The van der Waals surface area contributed by atoms with Crippen molar-refractivity contribution in [2.75, 3.05) is 6.61 Å². The Hall–Kier alpha value is -1.39. The van der Waals surface area contributed by atoms with E-state index >= 15 is 0 Å². The zero-order chi connectivity index (χ0) is 12.3. The van der Waals surface area contributed by atoms with E-state index in [0.717, 1.165) is 10.1 Å². The van der Waals surface area contributed by atoms with Gasteiger partial charge in [0.25, 0.3) is 5.91 Å². The summed E-state index contributed by atoms with van der Waals surface area (Å²) in [5.74, 6) is 0.226. The Balaban J connectivity index is 2.04. The molecule has 0 bridgehead atoms. The summed E-state index contributed by atoms with van der Waals surface area (Å²) in [5, 5.41) is 1.09. The molecule has 2 aromatic rings. The summed E-state index contributed by atoms with van der Waals surface area (Å²) in [5.41, 5.74) is 2.46. The molecule has 0 unspecified atom stereocenters. The largest absolute Gasteiger partial charge is 0.284 e. The molecule has 90 valence electrons. The van der Waals surface area contributed by atoms with Crippen molar-refractivity contribution in [2.24, 2.45) is 5.92 Å². The Morgan fingerprint density at radius 3 is 2.88 bits per heavy atom. The van der Waals surface area contributed by atoms with Gasteiger partial charge >= 0.3 is 0 Å². The van der Waals surface area contributed by atoms with Crippen molar-refractivity contribution in [1.82, 2.24) is 5.48 Å². The van der Waals surface area contributed by atoms with Crippen molar-refractivity contribution in [3.8, 4) is 0 Å². The number of fused-ring (bicyclic) bond motifs is 1. The molecule has 0 fully saturated rings. The topological polar surface area (TPSA) is 38.3 Å². The highest BCUT2D eigenvalue weighted by Gasteiger charge is 2.09. The first-order chi connectivity index (χ1) is 8.16. The van der Waals surface area contributed by atoms with Crippen molar-refractivity contribution in [1.29, 1.82) is 0 Å². The van der Waals surface area contributed by atoms with E-state index in [0.29, 0.717) is 17.4 Å². The Morgan fingerprint density at radius 2 is 2.18 bits per heavy atom.